The van der Waals surface area contributed by atoms with Crippen molar-refractivity contribution in [3.05, 3.63) is 41.0 Å². The predicted octanol–water partition coefficient (Wildman–Crippen LogP) is 3.26. The van der Waals surface area contributed by atoms with E-state index in [1.807, 2.05) is 4.90 Å². The molecule has 3 rings (SSSR count). The zero-order chi connectivity index (χ0) is 18.0. The van der Waals surface area contributed by atoms with E-state index in [0.717, 1.165) is 0 Å². The number of hydrogen-bond donors (Lipinski definition) is 0. The van der Waals surface area contributed by atoms with E-state index in [0.29, 0.717) is 40.4 Å². The molecule has 1 fully saturated rings. The summed E-state index contributed by atoms with van der Waals surface area (Å²) in [4.78, 5) is 23.0. The smallest absolute Gasteiger partial charge is 0.283 e. The topological polar surface area (TPSA) is 80.8 Å². The fourth-order valence-electron chi connectivity index (χ4n) is 2.52. The van der Waals surface area contributed by atoms with Gasteiger partial charge in [-0.3, -0.25) is 4.79 Å². The number of carbonyl (C=O) groups excluding carboxylic acids is 1. The number of amides is 1. The third-order valence-electron chi connectivity index (χ3n) is 3.54. The summed E-state index contributed by atoms with van der Waals surface area (Å²) in [5.74, 6) is 0.571. The summed E-state index contributed by atoms with van der Waals surface area (Å²) in [6, 6.07) is 4.87. The van der Waals surface area contributed by atoms with E-state index >= 15 is 0 Å². The lowest BCUT2D eigenvalue weighted by Gasteiger charge is -2.17. The molecule has 0 radical (unpaired) electrons. The number of methoxy groups -OCH3 is 1. The number of halogens is 1. The fourth-order valence-corrected chi connectivity index (χ4v) is 3.79. The van der Waals surface area contributed by atoms with E-state index in [1.165, 1.54) is 25.3 Å². The van der Waals surface area contributed by atoms with E-state index in [2.05, 4.69) is 29.0 Å². The van der Waals surface area contributed by atoms with Gasteiger partial charge < -0.3 is 14.2 Å². The van der Waals surface area contributed by atoms with Gasteiger partial charge in [-0.15, -0.1) is 0 Å². The van der Waals surface area contributed by atoms with Crippen LogP contribution in [0.1, 0.15) is 30.0 Å². The molecule has 0 saturated carbocycles. The molecule has 0 unspecified atom stereocenters. The van der Waals surface area contributed by atoms with Crippen LogP contribution in [-0.2, 0) is 6.54 Å². The van der Waals surface area contributed by atoms with Gasteiger partial charge in [-0.25, -0.2) is 0 Å². The number of ether oxygens (including phenoxy) is 1. The number of carbonyl (C=O) groups is 1. The van der Waals surface area contributed by atoms with Crippen molar-refractivity contribution in [3.63, 3.8) is 0 Å². The van der Waals surface area contributed by atoms with E-state index < -0.39 is 5.91 Å². The van der Waals surface area contributed by atoms with Gasteiger partial charge >= 0.3 is 0 Å². The minimum absolute atomic E-state index is 0.0821. The molecule has 7 nitrogen and oxygen atoms in total. The Labute approximate surface area is 154 Å². The standard InChI is InChI=1S/C16H17ClN4O3S/c1-16(2)8-21(7-13-18-9-24-20-13)15(25-16)19-14(22)11-6-10(17)4-5-12(11)23-3/h4-6,9H,7-8H2,1-3H3. The minimum atomic E-state index is -0.405. The van der Waals surface area contributed by atoms with Gasteiger partial charge in [0.15, 0.2) is 11.0 Å². The van der Waals surface area contributed by atoms with Crippen LogP contribution in [0.3, 0.4) is 0 Å². The zero-order valence-electron chi connectivity index (χ0n) is 14.0. The van der Waals surface area contributed by atoms with Crippen molar-refractivity contribution in [2.24, 2.45) is 4.99 Å². The maximum absolute atomic E-state index is 12.7. The number of nitrogens with zero attached hydrogens (tertiary/aromatic N) is 4. The molecule has 0 bridgehead atoms. The molecule has 2 heterocycles. The molecule has 1 aromatic heterocycles. The second kappa shape index (κ2) is 7.05. The Balaban J connectivity index is 1.89. The molecule has 132 valence electrons. The average molecular weight is 381 g/mol. The summed E-state index contributed by atoms with van der Waals surface area (Å²) >= 11 is 7.54. The van der Waals surface area contributed by atoms with Crippen LogP contribution in [0.2, 0.25) is 5.02 Å². The Kier molecular flexibility index (Phi) is 5.01. The van der Waals surface area contributed by atoms with Crippen molar-refractivity contribution < 1.29 is 14.1 Å². The third kappa shape index (κ3) is 4.13. The average Bonchev–Trinajstić information content (AvgIpc) is 3.15. The van der Waals surface area contributed by atoms with E-state index in [1.54, 1.807) is 18.2 Å². The molecular formula is C16H17ClN4O3S. The molecule has 1 aliphatic rings. The van der Waals surface area contributed by atoms with E-state index in [-0.39, 0.29) is 4.75 Å². The second-order valence-corrected chi connectivity index (χ2v) is 8.22. The number of amidine groups is 1. The van der Waals surface area contributed by atoms with Crippen LogP contribution < -0.4 is 4.74 Å². The lowest BCUT2D eigenvalue weighted by Crippen LogP contribution is -2.29. The molecule has 2 aromatic rings. The normalized spacial score (nSPS) is 17.9. The lowest BCUT2D eigenvalue weighted by molar-refractivity contribution is 0.0998. The first-order chi connectivity index (χ1) is 11.9. The van der Waals surface area contributed by atoms with Gasteiger partial charge in [0.25, 0.3) is 5.91 Å². The molecule has 0 aliphatic carbocycles. The van der Waals surface area contributed by atoms with Crippen LogP contribution in [-0.4, -0.2) is 44.5 Å². The summed E-state index contributed by atoms with van der Waals surface area (Å²) in [6.07, 6.45) is 1.28. The third-order valence-corrected chi connectivity index (χ3v) is 4.99. The monoisotopic (exact) mass is 380 g/mol. The first-order valence-electron chi connectivity index (χ1n) is 7.54. The lowest BCUT2D eigenvalue weighted by atomic mass is 10.2. The van der Waals surface area contributed by atoms with Crippen LogP contribution in [0.25, 0.3) is 0 Å². The van der Waals surface area contributed by atoms with E-state index in [9.17, 15) is 4.79 Å². The van der Waals surface area contributed by atoms with Crippen molar-refractivity contribution in [2.75, 3.05) is 13.7 Å². The minimum Gasteiger partial charge on any atom is -0.496 e. The number of thioether (sulfide) groups is 1. The number of aliphatic imine (C=N–C) groups is 1. The summed E-state index contributed by atoms with van der Waals surface area (Å²) in [6.45, 7) is 5.32. The Morgan fingerprint density at radius 1 is 1.52 bits per heavy atom. The summed E-state index contributed by atoms with van der Waals surface area (Å²) < 4.78 is 9.93. The van der Waals surface area contributed by atoms with E-state index in [4.69, 9.17) is 20.9 Å². The Hall–Kier alpha value is -2.06. The van der Waals surface area contributed by atoms with Gasteiger partial charge in [-0.2, -0.15) is 9.98 Å². The van der Waals surface area contributed by atoms with Crippen molar-refractivity contribution in [2.45, 2.75) is 25.1 Å². The molecule has 0 spiro atoms. The Bertz CT molecular complexity index is 808. The molecular weight excluding hydrogens is 364 g/mol. The maximum atomic E-state index is 12.7. The molecule has 1 aliphatic heterocycles. The Morgan fingerprint density at radius 3 is 3.00 bits per heavy atom. The molecule has 0 N–H and O–H groups in total. The summed E-state index contributed by atoms with van der Waals surface area (Å²) in [5, 5.41) is 4.89. The molecule has 0 atom stereocenters. The highest BCUT2D eigenvalue weighted by Crippen LogP contribution is 2.36. The molecule has 9 heteroatoms. The van der Waals surface area contributed by atoms with Crippen molar-refractivity contribution in [3.8, 4) is 5.75 Å². The number of aromatic nitrogens is 2. The van der Waals surface area contributed by atoms with Gasteiger partial charge in [0.1, 0.15) is 5.75 Å². The highest BCUT2D eigenvalue weighted by Gasteiger charge is 2.36. The first-order valence-corrected chi connectivity index (χ1v) is 8.73. The van der Waals surface area contributed by atoms with Gasteiger partial charge in [0.05, 0.1) is 19.2 Å². The van der Waals surface area contributed by atoms with Crippen LogP contribution in [0.5, 0.6) is 5.75 Å². The van der Waals surface area contributed by atoms with Crippen LogP contribution in [0.15, 0.2) is 34.1 Å². The molecule has 1 amide bonds. The fraction of sp³-hybridized carbons (Fsp3) is 0.375. The van der Waals surface area contributed by atoms with Crippen molar-refractivity contribution >= 4 is 34.4 Å². The number of hydrogen-bond acceptors (Lipinski definition) is 6. The molecule has 1 aromatic carbocycles. The Morgan fingerprint density at radius 2 is 2.32 bits per heavy atom. The number of benzene rings is 1. The van der Waals surface area contributed by atoms with Gasteiger partial charge in [0, 0.05) is 16.3 Å². The number of rotatable bonds is 4. The predicted molar refractivity (Wildman–Crippen MR) is 96.1 cm³/mol. The van der Waals surface area contributed by atoms with Crippen molar-refractivity contribution in [1.82, 2.24) is 15.0 Å². The SMILES string of the molecule is COc1ccc(Cl)cc1C(=O)N=C1SC(C)(C)CN1Cc1ncon1. The zero-order valence-corrected chi connectivity index (χ0v) is 15.6. The highest BCUT2D eigenvalue weighted by molar-refractivity contribution is 8.15. The summed E-state index contributed by atoms with van der Waals surface area (Å²) in [5.41, 5.74) is 0.326. The van der Waals surface area contributed by atoms with Crippen molar-refractivity contribution in [1.29, 1.82) is 0 Å². The van der Waals surface area contributed by atoms with Crippen LogP contribution in [0, 0.1) is 0 Å². The quantitative estimate of drug-likeness (QED) is 0.805. The maximum Gasteiger partial charge on any atom is 0.283 e. The largest absolute Gasteiger partial charge is 0.496 e. The van der Waals surface area contributed by atoms with Gasteiger partial charge in [-0.05, 0) is 32.0 Å². The van der Waals surface area contributed by atoms with Crippen LogP contribution in [0.4, 0.5) is 0 Å². The summed E-state index contributed by atoms with van der Waals surface area (Å²) in [7, 11) is 1.50. The second-order valence-electron chi connectivity index (χ2n) is 6.11. The van der Waals surface area contributed by atoms with Crippen LogP contribution >= 0.6 is 23.4 Å². The molecule has 1 saturated heterocycles. The highest BCUT2D eigenvalue weighted by atomic mass is 35.5. The molecule has 25 heavy (non-hydrogen) atoms. The van der Waals surface area contributed by atoms with Gasteiger partial charge in [-0.1, -0.05) is 28.5 Å². The van der Waals surface area contributed by atoms with Gasteiger partial charge in [0.2, 0.25) is 6.39 Å². The first kappa shape index (κ1) is 17.8.